The lowest BCUT2D eigenvalue weighted by molar-refractivity contribution is -0.140. The van der Waals surface area contributed by atoms with Gasteiger partial charge < -0.3 is 24.8 Å². The molecule has 3 aromatic rings. The molecule has 2 aliphatic heterocycles. The molecule has 1 saturated heterocycles. The van der Waals surface area contributed by atoms with Crippen molar-refractivity contribution in [2.45, 2.75) is 24.5 Å². The molecule has 1 atom stereocenters. The predicted octanol–water partition coefficient (Wildman–Crippen LogP) is 2.69. The molecule has 2 aromatic carbocycles. The van der Waals surface area contributed by atoms with Crippen LogP contribution in [0.1, 0.15) is 28.0 Å². The Hall–Kier alpha value is -4.19. The molecule has 8 nitrogen and oxygen atoms in total. The number of rotatable bonds is 4. The summed E-state index contributed by atoms with van der Waals surface area (Å²) < 4.78 is 10.8. The number of nitrogens with one attached hydrogen (secondary N) is 1. The number of hydrogen-bond donors (Lipinski definition) is 2. The molecular formula is C28H25N3O5. The Balaban J connectivity index is 1.29. The first-order valence-corrected chi connectivity index (χ1v) is 11.6. The first-order chi connectivity index (χ1) is 17.4. The first kappa shape index (κ1) is 23.5. The Morgan fingerprint density at radius 3 is 2.72 bits per heavy atom. The summed E-state index contributed by atoms with van der Waals surface area (Å²) in [4.78, 5) is 31.9. The Morgan fingerprint density at radius 1 is 1.17 bits per heavy atom. The number of carbonyl (C=O) groups is 2. The van der Waals surface area contributed by atoms with E-state index in [2.05, 4.69) is 22.1 Å². The van der Waals surface area contributed by atoms with Gasteiger partial charge >= 0.3 is 0 Å². The standard InChI is InChI=1S/C28H25N3O5/c1-31-25-15-19(11-13-28(34)17-35-18-28)7-8-20(25)9-10-23(27(31)33)30-26(32)24-16-22(12-14-29-24)36-21-5-3-2-4-6-21/h2-8,12,14-16,23,34H,9-10,17-18H2,1H3,(H,30,32). The maximum Gasteiger partial charge on any atom is 0.270 e. The number of aromatic nitrogens is 1. The number of nitrogens with zero attached hydrogens (tertiary/aromatic N) is 2. The van der Waals surface area contributed by atoms with Gasteiger partial charge in [-0.25, -0.2) is 0 Å². The Kier molecular flexibility index (Phi) is 6.42. The SMILES string of the molecule is CN1C(=O)C(NC(=O)c2cc(Oc3ccccc3)ccn2)CCc2ccc(C#CC3(O)COC3)cc21. The molecule has 0 saturated carbocycles. The van der Waals surface area contributed by atoms with Crippen molar-refractivity contribution in [2.24, 2.45) is 0 Å². The van der Waals surface area contributed by atoms with Crippen molar-refractivity contribution >= 4 is 17.5 Å². The smallest absolute Gasteiger partial charge is 0.270 e. The summed E-state index contributed by atoms with van der Waals surface area (Å²) in [6, 6.07) is 17.4. The number of carbonyl (C=O) groups excluding carboxylic acids is 2. The van der Waals surface area contributed by atoms with Gasteiger partial charge in [0.15, 0.2) is 5.60 Å². The van der Waals surface area contributed by atoms with Crippen molar-refractivity contribution < 1.29 is 24.2 Å². The molecule has 1 fully saturated rings. The van der Waals surface area contributed by atoms with Crippen LogP contribution in [0.25, 0.3) is 0 Å². The molecule has 0 aliphatic carbocycles. The van der Waals surface area contributed by atoms with Gasteiger partial charge in [-0.15, -0.1) is 0 Å². The van der Waals surface area contributed by atoms with Crippen molar-refractivity contribution in [3.63, 3.8) is 0 Å². The van der Waals surface area contributed by atoms with Crippen LogP contribution in [0.2, 0.25) is 0 Å². The molecule has 2 amide bonds. The largest absolute Gasteiger partial charge is 0.457 e. The van der Waals surface area contributed by atoms with Crippen LogP contribution >= 0.6 is 0 Å². The van der Waals surface area contributed by atoms with E-state index in [1.54, 1.807) is 24.1 Å². The Morgan fingerprint density at radius 2 is 1.97 bits per heavy atom. The number of aryl methyl sites for hydroxylation is 1. The first-order valence-electron chi connectivity index (χ1n) is 11.6. The van der Waals surface area contributed by atoms with E-state index < -0.39 is 17.6 Å². The Labute approximate surface area is 208 Å². The predicted molar refractivity (Wildman–Crippen MR) is 133 cm³/mol. The van der Waals surface area contributed by atoms with Crippen LogP contribution < -0.4 is 15.0 Å². The maximum absolute atomic E-state index is 13.2. The molecule has 0 spiro atoms. The van der Waals surface area contributed by atoms with Crippen LogP contribution in [0, 0.1) is 11.8 Å². The molecule has 36 heavy (non-hydrogen) atoms. The number of hydrogen-bond acceptors (Lipinski definition) is 6. The fourth-order valence-corrected chi connectivity index (χ4v) is 4.09. The minimum absolute atomic E-state index is 0.163. The third-order valence-electron chi connectivity index (χ3n) is 6.15. The van der Waals surface area contributed by atoms with E-state index >= 15 is 0 Å². The van der Waals surface area contributed by atoms with E-state index in [-0.39, 0.29) is 24.8 Å². The van der Waals surface area contributed by atoms with E-state index in [9.17, 15) is 14.7 Å². The zero-order chi connectivity index (χ0) is 25.1. The zero-order valence-corrected chi connectivity index (χ0v) is 19.7. The lowest BCUT2D eigenvalue weighted by Gasteiger charge is -2.30. The number of fused-ring (bicyclic) bond motifs is 1. The molecule has 5 rings (SSSR count). The molecule has 3 heterocycles. The molecule has 182 valence electrons. The van der Waals surface area contributed by atoms with Gasteiger partial charge in [0, 0.05) is 30.6 Å². The lowest BCUT2D eigenvalue weighted by Crippen LogP contribution is -2.48. The fourth-order valence-electron chi connectivity index (χ4n) is 4.09. The fraction of sp³-hybridized carbons (Fsp3) is 0.250. The molecule has 2 aliphatic rings. The van der Waals surface area contributed by atoms with Gasteiger partial charge in [-0.1, -0.05) is 36.1 Å². The van der Waals surface area contributed by atoms with Crippen LogP contribution in [-0.2, 0) is 16.0 Å². The van der Waals surface area contributed by atoms with Crippen LogP contribution in [0.15, 0.2) is 66.9 Å². The van der Waals surface area contributed by atoms with Crippen LogP contribution in [0.4, 0.5) is 5.69 Å². The highest BCUT2D eigenvalue weighted by atomic mass is 16.5. The number of aliphatic hydroxyl groups is 1. The second kappa shape index (κ2) is 9.82. The third kappa shape index (κ3) is 5.08. The van der Waals surface area contributed by atoms with Gasteiger partial charge in [0.2, 0.25) is 5.91 Å². The summed E-state index contributed by atoms with van der Waals surface area (Å²) in [7, 11) is 1.68. The zero-order valence-electron chi connectivity index (χ0n) is 19.7. The maximum atomic E-state index is 13.2. The minimum Gasteiger partial charge on any atom is -0.457 e. The van der Waals surface area contributed by atoms with E-state index in [4.69, 9.17) is 9.47 Å². The van der Waals surface area contributed by atoms with Crippen molar-refractivity contribution in [2.75, 3.05) is 25.2 Å². The third-order valence-corrected chi connectivity index (χ3v) is 6.15. The van der Waals surface area contributed by atoms with Crippen molar-refractivity contribution in [3.05, 3.63) is 83.7 Å². The molecule has 2 N–H and O–H groups in total. The molecule has 0 bridgehead atoms. The van der Waals surface area contributed by atoms with E-state index in [0.29, 0.717) is 29.9 Å². The number of ether oxygens (including phenoxy) is 2. The van der Waals surface area contributed by atoms with Crippen LogP contribution in [0.3, 0.4) is 0 Å². The summed E-state index contributed by atoms with van der Waals surface area (Å²) >= 11 is 0. The Bertz CT molecular complexity index is 1360. The van der Waals surface area contributed by atoms with E-state index in [1.165, 1.54) is 6.20 Å². The van der Waals surface area contributed by atoms with E-state index in [1.807, 2.05) is 48.5 Å². The van der Waals surface area contributed by atoms with Crippen molar-refractivity contribution in [1.29, 1.82) is 0 Å². The number of amides is 2. The van der Waals surface area contributed by atoms with Gasteiger partial charge in [0.25, 0.3) is 5.91 Å². The average Bonchev–Trinajstić information content (AvgIpc) is 2.99. The second-order valence-electron chi connectivity index (χ2n) is 8.87. The molecule has 8 heteroatoms. The summed E-state index contributed by atoms with van der Waals surface area (Å²) in [5.41, 5.74) is 1.46. The van der Waals surface area contributed by atoms with Crippen molar-refractivity contribution in [3.8, 4) is 23.3 Å². The van der Waals surface area contributed by atoms with Crippen molar-refractivity contribution in [1.82, 2.24) is 10.3 Å². The average molecular weight is 484 g/mol. The highest BCUT2D eigenvalue weighted by molar-refractivity contribution is 6.02. The van der Waals surface area contributed by atoms with Gasteiger partial charge in [-0.2, -0.15) is 0 Å². The number of para-hydroxylation sites is 1. The molecule has 0 radical (unpaired) electrons. The summed E-state index contributed by atoms with van der Waals surface area (Å²) in [6.07, 6.45) is 2.55. The molecular weight excluding hydrogens is 458 g/mol. The second-order valence-corrected chi connectivity index (χ2v) is 8.87. The topological polar surface area (TPSA) is 101 Å². The monoisotopic (exact) mass is 483 g/mol. The van der Waals surface area contributed by atoms with Crippen LogP contribution in [-0.4, -0.2) is 53.8 Å². The van der Waals surface area contributed by atoms with Gasteiger partial charge in [0.1, 0.15) is 23.2 Å². The highest BCUT2D eigenvalue weighted by Crippen LogP contribution is 2.28. The van der Waals surface area contributed by atoms with E-state index in [0.717, 1.165) is 11.3 Å². The van der Waals surface area contributed by atoms with Gasteiger partial charge in [-0.3, -0.25) is 14.6 Å². The van der Waals surface area contributed by atoms with Crippen LogP contribution in [0.5, 0.6) is 11.5 Å². The highest BCUT2D eigenvalue weighted by Gasteiger charge is 2.34. The molecule has 1 aromatic heterocycles. The summed E-state index contributed by atoms with van der Waals surface area (Å²) in [6.45, 7) is 0.391. The molecule has 1 unspecified atom stereocenters. The number of likely N-dealkylation sites (N-methyl/N-ethyl adjacent to an activating group) is 1. The summed E-state index contributed by atoms with van der Waals surface area (Å²) in [5.74, 6) is 6.25. The van der Waals surface area contributed by atoms with Gasteiger partial charge in [0.05, 0.1) is 13.2 Å². The number of pyridine rings is 1. The van der Waals surface area contributed by atoms with Gasteiger partial charge in [-0.05, 0) is 48.7 Å². The quantitative estimate of drug-likeness (QED) is 0.554. The minimum atomic E-state index is -1.11. The lowest BCUT2D eigenvalue weighted by atomic mass is 10.0. The number of benzene rings is 2. The number of anilines is 1. The summed E-state index contributed by atoms with van der Waals surface area (Å²) in [5, 5.41) is 13.0. The normalized spacial score (nSPS) is 18.1.